The molecule has 0 saturated carbocycles. The Labute approximate surface area is 65.5 Å². The molecule has 1 unspecified atom stereocenters. The first-order valence-corrected chi connectivity index (χ1v) is 4.30. The van der Waals surface area contributed by atoms with Gasteiger partial charge in [-0.1, -0.05) is 0 Å². The summed E-state index contributed by atoms with van der Waals surface area (Å²) in [6.45, 7) is 5.94. The molecular formula is C6H16N2OS. The molecule has 0 aromatic heterocycles. The van der Waals surface area contributed by atoms with Gasteiger partial charge >= 0.3 is 0 Å². The Morgan fingerprint density at radius 3 is 1.80 bits per heavy atom. The van der Waals surface area contributed by atoms with Crippen LogP contribution in [0.4, 0.5) is 0 Å². The van der Waals surface area contributed by atoms with E-state index in [1.807, 2.05) is 20.8 Å². The molecule has 1 atom stereocenters. The molecule has 0 heterocycles. The van der Waals surface area contributed by atoms with Crippen molar-refractivity contribution >= 4 is 11.2 Å². The van der Waals surface area contributed by atoms with Gasteiger partial charge in [-0.2, -0.15) is 0 Å². The smallest absolute Gasteiger partial charge is 0.169 e. The molecule has 0 aliphatic carbocycles. The van der Waals surface area contributed by atoms with Crippen LogP contribution in [0.5, 0.6) is 0 Å². The van der Waals surface area contributed by atoms with Gasteiger partial charge in [-0.15, -0.1) is 0 Å². The molecule has 10 heavy (non-hydrogen) atoms. The Bertz CT molecular complexity index is 128. The lowest BCUT2D eigenvalue weighted by Crippen LogP contribution is -2.42. The van der Waals surface area contributed by atoms with E-state index in [4.69, 9.17) is 0 Å². The highest BCUT2D eigenvalue weighted by Crippen LogP contribution is 1.99. The van der Waals surface area contributed by atoms with Crippen molar-refractivity contribution in [3.8, 4) is 0 Å². The topological polar surface area (TPSA) is 32.3 Å². The molecule has 0 spiro atoms. The number of rotatable bonds is 2. The summed E-state index contributed by atoms with van der Waals surface area (Å²) in [5.41, 5.74) is -0.0882. The zero-order chi connectivity index (χ0) is 8.36. The molecule has 62 valence electrons. The second kappa shape index (κ2) is 3.46. The summed E-state index contributed by atoms with van der Waals surface area (Å²) in [5, 5.41) is 0. The molecule has 1 N–H and O–H groups in total. The fourth-order valence-corrected chi connectivity index (χ4v) is 1.06. The van der Waals surface area contributed by atoms with E-state index in [1.165, 1.54) is 0 Å². The molecular weight excluding hydrogens is 148 g/mol. The van der Waals surface area contributed by atoms with Gasteiger partial charge in [-0.3, -0.25) is 0 Å². The van der Waals surface area contributed by atoms with Gasteiger partial charge in [0.2, 0.25) is 0 Å². The predicted octanol–water partition coefficient (Wildman–Crippen LogP) is 0.515. The van der Waals surface area contributed by atoms with E-state index in [0.29, 0.717) is 0 Å². The van der Waals surface area contributed by atoms with Crippen LogP contribution in [0.1, 0.15) is 20.8 Å². The van der Waals surface area contributed by atoms with Crippen LogP contribution in [-0.2, 0) is 11.2 Å². The lowest BCUT2D eigenvalue weighted by molar-refractivity contribution is 0.495. The van der Waals surface area contributed by atoms with Crippen LogP contribution < -0.4 is 4.72 Å². The highest BCUT2D eigenvalue weighted by atomic mass is 32.2. The Hall–Kier alpha value is 0.0700. The zero-order valence-electron chi connectivity index (χ0n) is 7.26. The van der Waals surface area contributed by atoms with Crippen molar-refractivity contribution in [3.05, 3.63) is 0 Å². The average Bonchev–Trinajstić information content (AvgIpc) is 1.60. The molecule has 0 saturated heterocycles. The molecule has 0 amide bonds. The van der Waals surface area contributed by atoms with Crippen LogP contribution in [0.2, 0.25) is 0 Å². The minimum absolute atomic E-state index is 0.0882. The maximum absolute atomic E-state index is 11.1. The van der Waals surface area contributed by atoms with E-state index in [2.05, 4.69) is 4.72 Å². The van der Waals surface area contributed by atoms with Gasteiger partial charge in [0, 0.05) is 19.6 Å². The van der Waals surface area contributed by atoms with Crippen molar-refractivity contribution in [1.82, 2.24) is 9.03 Å². The fraction of sp³-hybridized carbons (Fsp3) is 1.00. The normalized spacial score (nSPS) is 15.8. The van der Waals surface area contributed by atoms with Crippen molar-refractivity contribution in [2.24, 2.45) is 0 Å². The van der Waals surface area contributed by atoms with Crippen molar-refractivity contribution in [2.75, 3.05) is 14.1 Å². The van der Waals surface area contributed by atoms with E-state index in [9.17, 15) is 4.21 Å². The van der Waals surface area contributed by atoms with Crippen LogP contribution in [0.15, 0.2) is 0 Å². The summed E-state index contributed by atoms with van der Waals surface area (Å²) >= 11 is -1.06. The van der Waals surface area contributed by atoms with Crippen LogP contribution in [0, 0.1) is 0 Å². The van der Waals surface area contributed by atoms with E-state index >= 15 is 0 Å². The van der Waals surface area contributed by atoms with E-state index in [1.54, 1.807) is 18.4 Å². The van der Waals surface area contributed by atoms with Gasteiger partial charge in [0.25, 0.3) is 0 Å². The number of nitrogens with one attached hydrogen (secondary N) is 1. The van der Waals surface area contributed by atoms with Crippen molar-refractivity contribution in [1.29, 1.82) is 0 Å². The lowest BCUT2D eigenvalue weighted by atomic mass is 10.1. The molecule has 0 bridgehead atoms. The number of hydrogen-bond donors (Lipinski definition) is 1. The van der Waals surface area contributed by atoms with Crippen LogP contribution >= 0.6 is 0 Å². The summed E-state index contributed by atoms with van der Waals surface area (Å²) in [6, 6.07) is 0. The Balaban J connectivity index is 3.81. The molecule has 0 fully saturated rings. The first kappa shape index (κ1) is 10.1. The highest BCUT2D eigenvalue weighted by molar-refractivity contribution is 7.80. The maximum Gasteiger partial charge on any atom is 0.169 e. The van der Waals surface area contributed by atoms with Crippen LogP contribution in [0.25, 0.3) is 0 Å². The van der Waals surface area contributed by atoms with Gasteiger partial charge in [0.15, 0.2) is 11.2 Å². The monoisotopic (exact) mass is 164 g/mol. The molecule has 3 nitrogen and oxygen atoms in total. The SMILES string of the molecule is CN(C)S(=O)NC(C)(C)C. The van der Waals surface area contributed by atoms with E-state index in [0.717, 1.165) is 0 Å². The summed E-state index contributed by atoms with van der Waals surface area (Å²) < 4.78 is 15.6. The quantitative estimate of drug-likeness (QED) is 0.634. The Kier molecular flexibility index (Phi) is 3.48. The second-order valence-electron chi connectivity index (χ2n) is 3.41. The lowest BCUT2D eigenvalue weighted by Gasteiger charge is -2.21. The van der Waals surface area contributed by atoms with Gasteiger partial charge in [-0.25, -0.2) is 13.2 Å². The highest BCUT2D eigenvalue weighted by Gasteiger charge is 2.13. The summed E-state index contributed by atoms with van der Waals surface area (Å²) in [5.74, 6) is 0. The largest absolute Gasteiger partial charge is 0.225 e. The van der Waals surface area contributed by atoms with Crippen LogP contribution in [0.3, 0.4) is 0 Å². The van der Waals surface area contributed by atoms with Gasteiger partial charge in [0.1, 0.15) is 0 Å². The molecule has 0 aliphatic rings. The van der Waals surface area contributed by atoms with E-state index in [-0.39, 0.29) is 5.54 Å². The van der Waals surface area contributed by atoms with Gasteiger partial charge < -0.3 is 0 Å². The van der Waals surface area contributed by atoms with Crippen molar-refractivity contribution in [3.63, 3.8) is 0 Å². The Morgan fingerprint density at radius 1 is 1.30 bits per heavy atom. The van der Waals surface area contributed by atoms with Gasteiger partial charge in [0.05, 0.1) is 0 Å². The molecule has 4 heteroatoms. The van der Waals surface area contributed by atoms with Crippen LogP contribution in [-0.4, -0.2) is 28.1 Å². The molecule has 0 aromatic rings. The average molecular weight is 164 g/mol. The first-order valence-electron chi connectivity index (χ1n) is 3.20. The van der Waals surface area contributed by atoms with Gasteiger partial charge in [-0.05, 0) is 20.8 Å². The summed E-state index contributed by atoms with van der Waals surface area (Å²) in [4.78, 5) is 0. The molecule has 0 aromatic carbocycles. The molecule has 0 aliphatic heterocycles. The summed E-state index contributed by atoms with van der Waals surface area (Å²) in [7, 11) is 3.55. The predicted molar refractivity (Wildman–Crippen MR) is 44.7 cm³/mol. The second-order valence-corrected chi connectivity index (χ2v) is 4.85. The van der Waals surface area contributed by atoms with Crippen molar-refractivity contribution in [2.45, 2.75) is 26.3 Å². The number of nitrogens with zero attached hydrogens (tertiary/aromatic N) is 1. The standard InChI is InChI=1S/C6H16N2OS/c1-6(2,3)7-10(9)8(4)5/h7H,1-5H3. The maximum atomic E-state index is 11.1. The third-order valence-corrected chi connectivity index (χ3v) is 2.18. The third kappa shape index (κ3) is 4.90. The third-order valence-electron chi connectivity index (χ3n) is 0.725. The first-order chi connectivity index (χ1) is 4.33. The van der Waals surface area contributed by atoms with E-state index < -0.39 is 11.2 Å². The molecule has 0 radical (unpaired) electrons. The summed E-state index contributed by atoms with van der Waals surface area (Å²) in [6.07, 6.45) is 0. The van der Waals surface area contributed by atoms with Crippen molar-refractivity contribution < 1.29 is 4.21 Å². The molecule has 0 rings (SSSR count). The fourth-order valence-electron chi connectivity index (χ4n) is 0.353. The zero-order valence-corrected chi connectivity index (χ0v) is 8.08. The Morgan fingerprint density at radius 2 is 1.70 bits per heavy atom. The minimum Gasteiger partial charge on any atom is -0.225 e. The number of hydrogen-bond acceptors (Lipinski definition) is 1. The minimum atomic E-state index is -1.06.